The number of carbonyl (C=O) groups excluding carboxylic acids is 1. The van der Waals surface area contributed by atoms with Gasteiger partial charge in [-0.3, -0.25) is 4.79 Å². The van der Waals surface area contributed by atoms with Crippen LogP contribution in [-0.4, -0.2) is 43.2 Å². The Kier molecular flexibility index (Phi) is 5.04. The second-order valence-corrected chi connectivity index (χ2v) is 9.00. The highest BCUT2D eigenvalue weighted by molar-refractivity contribution is 5.69. The van der Waals surface area contributed by atoms with Crippen LogP contribution in [0.2, 0.25) is 0 Å². The van der Waals surface area contributed by atoms with E-state index in [1.807, 2.05) is 13.8 Å². The maximum absolute atomic E-state index is 11.6. The van der Waals surface area contributed by atoms with Crippen molar-refractivity contribution < 1.29 is 33.5 Å². The third kappa shape index (κ3) is 3.12. The van der Waals surface area contributed by atoms with Gasteiger partial charge in [0, 0.05) is 18.3 Å². The van der Waals surface area contributed by atoms with Gasteiger partial charge in [0.05, 0.1) is 19.6 Å². The second kappa shape index (κ2) is 6.95. The van der Waals surface area contributed by atoms with E-state index in [1.54, 1.807) is 0 Å². The SMILES string of the molecule is COC(=O)C[C@H](C)O[C@H]1O[C@@H]2O[C@]3(C)CC[C@H]4[C@H](C)CC[C@@H]([C@H]1C)[C@@]24OO3. The molecule has 5 fully saturated rings. The number of rotatable bonds is 4. The maximum Gasteiger partial charge on any atom is 0.308 e. The molecule has 0 unspecified atom stereocenters. The van der Waals surface area contributed by atoms with E-state index in [0.29, 0.717) is 11.8 Å². The summed E-state index contributed by atoms with van der Waals surface area (Å²) in [6, 6.07) is 0. The van der Waals surface area contributed by atoms with Gasteiger partial charge in [-0.25, -0.2) is 9.78 Å². The van der Waals surface area contributed by atoms with Crippen LogP contribution in [0.3, 0.4) is 0 Å². The first-order valence-electron chi connectivity index (χ1n) is 10.2. The van der Waals surface area contributed by atoms with Crippen LogP contribution in [-0.2, 0) is 33.5 Å². The Bertz CT molecular complexity index is 583. The van der Waals surface area contributed by atoms with Crippen LogP contribution in [0.1, 0.15) is 59.8 Å². The van der Waals surface area contributed by atoms with Crippen molar-refractivity contribution in [2.24, 2.45) is 23.7 Å². The summed E-state index contributed by atoms with van der Waals surface area (Å²) in [6.45, 7) is 8.21. The van der Waals surface area contributed by atoms with Crippen molar-refractivity contribution in [3.05, 3.63) is 0 Å². The number of esters is 1. The minimum atomic E-state index is -0.791. The first kappa shape index (κ1) is 19.6. The molecule has 7 nitrogen and oxygen atoms in total. The lowest BCUT2D eigenvalue weighted by molar-refractivity contribution is -0.578. The van der Waals surface area contributed by atoms with Crippen molar-refractivity contribution in [3.8, 4) is 0 Å². The Hall–Kier alpha value is -0.730. The average molecular weight is 384 g/mol. The number of fused-ring (bicyclic) bond motifs is 2. The molecule has 5 rings (SSSR count). The van der Waals surface area contributed by atoms with E-state index >= 15 is 0 Å². The van der Waals surface area contributed by atoms with E-state index in [2.05, 4.69) is 13.8 Å². The summed E-state index contributed by atoms with van der Waals surface area (Å²) >= 11 is 0. The van der Waals surface area contributed by atoms with Gasteiger partial charge < -0.3 is 18.9 Å². The minimum absolute atomic E-state index is 0.103. The number of hydrogen-bond acceptors (Lipinski definition) is 7. The first-order chi connectivity index (χ1) is 12.8. The minimum Gasteiger partial charge on any atom is -0.469 e. The second-order valence-electron chi connectivity index (χ2n) is 9.00. The quantitative estimate of drug-likeness (QED) is 0.544. The van der Waals surface area contributed by atoms with Gasteiger partial charge in [0.1, 0.15) is 0 Å². The summed E-state index contributed by atoms with van der Waals surface area (Å²) in [5.41, 5.74) is -0.585. The van der Waals surface area contributed by atoms with Crippen molar-refractivity contribution >= 4 is 5.97 Å². The fourth-order valence-corrected chi connectivity index (χ4v) is 5.62. The normalized spacial score (nSPS) is 49.8. The summed E-state index contributed by atoms with van der Waals surface area (Å²) < 4.78 is 23.5. The lowest BCUT2D eigenvalue weighted by Gasteiger charge is -2.60. The lowest BCUT2D eigenvalue weighted by atomic mass is 9.58. The van der Waals surface area contributed by atoms with Crippen molar-refractivity contribution in [3.63, 3.8) is 0 Å². The Labute approximate surface area is 160 Å². The van der Waals surface area contributed by atoms with Gasteiger partial charge >= 0.3 is 5.97 Å². The Morgan fingerprint density at radius 2 is 1.96 bits per heavy atom. The summed E-state index contributed by atoms with van der Waals surface area (Å²) in [5, 5.41) is 0. The zero-order valence-corrected chi connectivity index (χ0v) is 16.9. The third-order valence-electron chi connectivity index (χ3n) is 7.15. The fraction of sp³-hybridized carbons (Fsp3) is 0.950. The van der Waals surface area contributed by atoms with Crippen LogP contribution in [0.25, 0.3) is 0 Å². The van der Waals surface area contributed by atoms with Crippen LogP contribution < -0.4 is 0 Å². The number of hydrogen-bond donors (Lipinski definition) is 0. The molecule has 4 saturated heterocycles. The van der Waals surface area contributed by atoms with Crippen molar-refractivity contribution in [1.82, 2.24) is 0 Å². The Balaban J connectivity index is 1.59. The molecule has 4 heterocycles. The third-order valence-corrected chi connectivity index (χ3v) is 7.15. The molecule has 154 valence electrons. The lowest BCUT2D eigenvalue weighted by Crippen LogP contribution is -2.70. The zero-order chi connectivity index (χ0) is 19.4. The number of ether oxygens (including phenoxy) is 4. The molecule has 0 N–H and O–H groups in total. The number of methoxy groups -OCH3 is 1. The summed E-state index contributed by atoms with van der Waals surface area (Å²) in [6.07, 6.45) is 2.88. The van der Waals surface area contributed by atoms with Crippen molar-refractivity contribution in [1.29, 1.82) is 0 Å². The molecule has 1 saturated carbocycles. The van der Waals surface area contributed by atoms with E-state index in [1.165, 1.54) is 7.11 Å². The van der Waals surface area contributed by atoms with Gasteiger partial charge in [0.25, 0.3) is 0 Å². The molecule has 7 heteroatoms. The molecule has 2 bridgehead atoms. The van der Waals surface area contributed by atoms with Gasteiger partial charge in [-0.05, 0) is 44.9 Å². The maximum atomic E-state index is 11.6. The van der Waals surface area contributed by atoms with E-state index in [4.69, 9.17) is 28.7 Å². The van der Waals surface area contributed by atoms with Crippen LogP contribution in [0.15, 0.2) is 0 Å². The van der Waals surface area contributed by atoms with Crippen LogP contribution in [0, 0.1) is 23.7 Å². The summed E-state index contributed by atoms with van der Waals surface area (Å²) in [4.78, 5) is 23.5. The molecule has 1 aliphatic carbocycles. The molecular formula is C20H32O7. The van der Waals surface area contributed by atoms with Crippen LogP contribution in [0.5, 0.6) is 0 Å². The van der Waals surface area contributed by atoms with Gasteiger partial charge in [0.15, 0.2) is 18.2 Å². The van der Waals surface area contributed by atoms with E-state index in [0.717, 1.165) is 25.7 Å². The molecule has 0 aromatic heterocycles. The average Bonchev–Trinajstić information content (AvgIpc) is 2.85. The van der Waals surface area contributed by atoms with Crippen molar-refractivity contribution in [2.75, 3.05) is 7.11 Å². The largest absolute Gasteiger partial charge is 0.469 e. The highest BCUT2D eigenvalue weighted by Gasteiger charge is 2.69. The summed E-state index contributed by atoms with van der Waals surface area (Å²) in [7, 11) is 1.38. The molecule has 9 atom stereocenters. The Morgan fingerprint density at radius 3 is 2.70 bits per heavy atom. The molecule has 0 aromatic rings. The molecule has 4 aliphatic heterocycles. The summed E-state index contributed by atoms with van der Waals surface area (Å²) in [5.74, 6) is 0.106. The van der Waals surface area contributed by atoms with Gasteiger partial charge in [-0.15, -0.1) is 0 Å². The van der Waals surface area contributed by atoms with Gasteiger partial charge in [-0.2, -0.15) is 0 Å². The smallest absolute Gasteiger partial charge is 0.308 e. The van der Waals surface area contributed by atoms with Gasteiger partial charge in [-0.1, -0.05) is 13.8 Å². The van der Waals surface area contributed by atoms with Crippen LogP contribution in [0.4, 0.5) is 0 Å². The highest BCUT2D eigenvalue weighted by atomic mass is 17.3. The molecule has 5 aliphatic rings. The molecule has 1 spiro atoms. The molecule has 27 heavy (non-hydrogen) atoms. The Morgan fingerprint density at radius 1 is 1.19 bits per heavy atom. The van der Waals surface area contributed by atoms with Crippen LogP contribution >= 0.6 is 0 Å². The highest BCUT2D eigenvalue weighted by Crippen LogP contribution is 2.60. The molecule has 0 aromatic carbocycles. The topological polar surface area (TPSA) is 72.5 Å². The predicted molar refractivity (Wildman–Crippen MR) is 94.0 cm³/mol. The first-order valence-corrected chi connectivity index (χ1v) is 10.2. The molecule has 0 amide bonds. The fourth-order valence-electron chi connectivity index (χ4n) is 5.62. The zero-order valence-electron chi connectivity index (χ0n) is 16.9. The van der Waals surface area contributed by atoms with Gasteiger partial charge in [0.2, 0.25) is 5.79 Å². The standard InChI is InChI=1S/C20H32O7/c1-11-6-7-15-13(3)17(23-12(2)10-16(21)22-5)24-18-20(15)14(11)8-9-19(4,25-18)26-27-20/h11-15,17-18H,6-10H2,1-5H3/t11-,12+,13-,14+,15+,17+,18-,19+,20-/m1/s1. The number of carbonyl (C=O) groups is 1. The van der Waals surface area contributed by atoms with E-state index in [9.17, 15) is 4.79 Å². The van der Waals surface area contributed by atoms with E-state index in [-0.39, 0.29) is 30.3 Å². The molecule has 0 radical (unpaired) electrons. The van der Waals surface area contributed by atoms with Crippen molar-refractivity contribution in [2.45, 2.75) is 89.9 Å². The predicted octanol–water partition coefficient (Wildman–Crippen LogP) is 3.16. The molecular weight excluding hydrogens is 352 g/mol. The monoisotopic (exact) mass is 384 g/mol. The van der Waals surface area contributed by atoms with E-state index < -0.39 is 24.0 Å².